The minimum atomic E-state index is -0.897. The highest BCUT2D eigenvalue weighted by Gasteiger charge is 2.16. The summed E-state index contributed by atoms with van der Waals surface area (Å²) in [4.78, 5) is 24.6. The summed E-state index contributed by atoms with van der Waals surface area (Å²) in [5.41, 5.74) is 6.19. The number of nitrogens with two attached hydrogens (primary N) is 1. The van der Waals surface area contributed by atoms with E-state index in [4.69, 9.17) is 10.8 Å². The number of hydrogen-bond acceptors (Lipinski definition) is 3. The first kappa shape index (κ1) is 17.2. The van der Waals surface area contributed by atoms with E-state index in [1.54, 1.807) is 4.90 Å². The number of hydrogen-bond donors (Lipinski definition) is 2. The second-order valence-corrected chi connectivity index (χ2v) is 4.98. The van der Waals surface area contributed by atoms with Crippen molar-refractivity contribution < 1.29 is 14.7 Å². The summed E-state index contributed by atoms with van der Waals surface area (Å²) >= 11 is 0. The van der Waals surface area contributed by atoms with Crippen LogP contribution in [0, 0.1) is 0 Å². The van der Waals surface area contributed by atoms with Crippen LogP contribution in [0.3, 0.4) is 0 Å². The third-order valence-electron chi connectivity index (χ3n) is 3.26. The number of anilines is 1. The van der Waals surface area contributed by atoms with Crippen molar-refractivity contribution in [2.45, 2.75) is 38.5 Å². The topological polar surface area (TPSA) is 83.6 Å². The fourth-order valence-electron chi connectivity index (χ4n) is 2.12. The molecule has 21 heavy (non-hydrogen) atoms. The Bertz CT molecular complexity index is 434. The molecule has 0 spiro atoms. The normalized spacial score (nSPS) is 10.3. The molecule has 0 aliphatic rings. The molecule has 1 aromatic rings. The maximum absolute atomic E-state index is 12.3. The summed E-state index contributed by atoms with van der Waals surface area (Å²) in [5, 5.41) is 8.81. The van der Waals surface area contributed by atoms with E-state index in [2.05, 4.69) is 0 Å². The van der Waals surface area contributed by atoms with Crippen LogP contribution in [0.5, 0.6) is 0 Å². The van der Waals surface area contributed by atoms with Gasteiger partial charge in [0.2, 0.25) is 5.91 Å². The molecule has 0 atom stereocenters. The molecule has 0 saturated carbocycles. The largest absolute Gasteiger partial charge is 0.481 e. The van der Waals surface area contributed by atoms with Crippen LogP contribution in [-0.4, -0.2) is 30.1 Å². The lowest BCUT2D eigenvalue weighted by Gasteiger charge is -2.22. The molecule has 0 bridgehead atoms. The van der Waals surface area contributed by atoms with Crippen molar-refractivity contribution in [3.05, 3.63) is 30.3 Å². The Kier molecular flexibility index (Phi) is 8.12. The monoisotopic (exact) mass is 292 g/mol. The minimum Gasteiger partial charge on any atom is -0.481 e. The summed E-state index contributed by atoms with van der Waals surface area (Å²) in [6.07, 6.45) is 4.20. The summed E-state index contributed by atoms with van der Waals surface area (Å²) < 4.78 is 0. The highest BCUT2D eigenvalue weighted by atomic mass is 16.4. The van der Waals surface area contributed by atoms with Gasteiger partial charge in [-0.1, -0.05) is 31.0 Å². The lowest BCUT2D eigenvalue weighted by atomic mass is 10.1. The number of carbonyl (C=O) groups is 2. The van der Waals surface area contributed by atoms with Crippen molar-refractivity contribution in [2.24, 2.45) is 5.73 Å². The number of rotatable bonds is 10. The van der Waals surface area contributed by atoms with Crippen molar-refractivity contribution in [3.8, 4) is 0 Å². The molecule has 0 aliphatic heterocycles. The van der Waals surface area contributed by atoms with Crippen LogP contribution in [-0.2, 0) is 9.59 Å². The van der Waals surface area contributed by atoms with Gasteiger partial charge in [0.1, 0.15) is 0 Å². The zero-order chi connectivity index (χ0) is 15.5. The molecule has 0 aromatic heterocycles. The average Bonchev–Trinajstić information content (AvgIpc) is 2.48. The Balaban J connectivity index is 2.55. The highest BCUT2D eigenvalue weighted by Crippen LogP contribution is 2.16. The van der Waals surface area contributed by atoms with Crippen molar-refractivity contribution in [1.82, 2.24) is 0 Å². The standard InChI is InChI=1S/C16H24N2O3/c17-12-7-2-1-6-10-15(19)18(13-11-16(20)21)14-8-4-3-5-9-14/h3-5,8-9H,1-2,6-7,10-13,17H2,(H,20,21). The molecule has 1 amide bonds. The van der Waals surface area contributed by atoms with Gasteiger partial charge in [-0.05, 0) is 31.5 Å². The zero-order valence-corrected chi connectivity index (χ0v) is 12.3. The zero-order valence-electron chi connectivity index (χ0n) is 12.3. The van der Waals surface area contributed by atoms with E-state index < -0.39 is 5.97 Å². The second-order valence-electron chi connectivity index (χ2n) is 4.98. The molecule has 0 aliphatic carbocycles. The van der Waals surface area contributed by atoms with Gasteiger partial charge < -0.3 is 15.7 Å². The van der Waals surface area contributed by atoms with Crippen LogP contribution in [0.25, 0.3) is 0 Å². The first-order chi connectivity index (χ1) is 10.1. The number of nitrogens with zero attached hydrogens (tertiary/aromatic N) is 1. The fourth-order valence-corrected chi connectivity index (χ4v) is 2.12. The van der Waals surface area contributed by atoms with Gasteiger partial charge in [0.25, 0.3) is 0 Å². The van der Waals surface area contributed by atoms with E-state index >= 15 is 0 Å². The number of carboxylic acid groups (broad SMARTS) is 1. The number of aliphatic carboxylic acids is 1. The quantitative estimate of drug-likeness (QED) is 0.649. The summed E-state index contributed by atoms with van der Waals surface area (Å²) in [7, 11) is 0. The predicted molar refractivity (Wildman–Crippen MR) is 83.2 cm³/mol. The Morgan fingerprint density at radius 3 is 2.29 bits per heavy atom. The Labute approximate surface area is 125 Å². The van der Waals surface area contributed by atoms with Crippen LogP contribution in [0.1, 0.15) is 38.5 Å². The molecule has 3 N–H and O–H groups in total. The average molecular weight is 292 g/mol. The molecule has 1 aromatic carbocycles. The molecule has 0 heterocycles. The maximum Gasteiger partial charge on any atom is 0.305 e. The molecule has 5 heteroatoms. The molecule has 0 unspecified atom stereocenters. The lowest BCUT2D eigenvalue weighted by molar-refractivity contribution is -0.136. The third-order valence-corrected chi connectivity index (χ3v) is 3.26. The van der Waals surface area contributed by atoms with Crippen molar-refractivity contribution >= 4 is 17.6 Å². The smallest absolute Gasteiger partial charge is 0.305 e. The molecular formula is C16H24N2O3. The van der Waals surface area contributed by atoms with E-state index in [0.29, 0.717) is 13.0 Å². The number of carboxylic acids is 1. The fraction of sp³-hybridized carbons (Fsp3) is 0.500. The van der Waals surface area contributed by atoms with Crippen molar-refractivity contribution in [3.63, 3.8) is 0 Å². The van der Waals surface area contributed by atoms with E-state index in [9.17, 15) is 9.59 Å². The SMILES string of the molecule is NCCCCCCC(=O)N(CCC(=O)O)c1ccccc1. The van der Waals surface area contributed by atoms with E-state index in [-0.39, 0.29) is 18.9 Å². The van der Waals surface area contributed by atoms with Gasteiger partial charge >= 0.3 is 5.97 Å². The van der Waals surface area contributed by atoms with Crippen molar-refractivity contribution in [2.75, 3.05) is 18.0 Å². The molecular weight excluding hydrogens is 268 g/mol. The van der Waals surface area contributed by atoms with Crippen LogP contribution >= 0.6 is 0 Å². The Morgan fingerprint density at radius 2 is 1.67 bits per heavy atom. The number of amides is 1. The summed E-state index contributed by atoms with van der Waals surface area (Å²) in [6, 6.07) is 9.22. The molecule has 5 nitrogen and oxygen atoms in total. The van der Waals surface area contributed by atoms with Crippen LogP contribution < -0.4 is 10.6 Å². The minimum absolute atomic E-state index is 0.0183. The second kappa shape index (κ2) is 9.94. The first-order valence-corrected chi connectivity index (χ1v) is 7.42. The van der Waals surface area contributed by atoms with Gasteiger partial charge in [-0.15, -0.1) is 0 Å². The predicted octanol–water partition coefficient (Wildman–Crippen LogP) is 2.40. The van der Waals surface area contributed by atoms with Gasteiger partial charge in [0, 0.05) is 18.7 Å². The maximum atomic E-state index is 12.3. The van der Waals surface area contributed by atoms with Crippen LogP contribution in [0.2, 0.25) is 0 Å². The summed E-state index contributed by atoms with van der Waals surface area (Å²) in [5.74, 6) is -0.915. The van der Waals surface area contributed by atoms with Crippen LogP contribution in [0.4, 0.5) is 5.69 Å². The lowest BCUT2D eigenvalue weighted by Crippen LogP contribution is -2.32. The van der Waals surface area contributed by atoms with E-state index in [0.717, 1.165) is 31.4 Å². The molecule has 0 saturated heterocycles. The molecule has 0 fully saturated rings. The first-order valence-electron chi connectivity index (χ1n) is 7.42. The van der Waals surface area contributed by atoms with Gasteiger partial charge in [0.05, 0.1) is 6.42 Å². The van der Waals surface area contributed by atoms with Gasteiger partial charge in [-0.3, -0.25) is 9.59 Å². The number of carbonyl (C=O) groups excluding carboxylic acids is 1. The number of unbranched alkanes of at least 4 members (excludes halogenated alkanes) is 3. The number of benzene rings is 1. The Hall–Kier alpha value is -1.88. The van der Waals surface area contributed by atoms with Gasteiger partial charge in [-0.25, -0.2) is 0 Å². The van der Waals surface area contributed by atoms with Gasteiger partial charge in [-0.2, -0.15) is 0 Å². The highest BCUT2D eigenvalue weighted by molar-refractivity contribution is 5.93. The summed E-state index contributed by atoms with van der Waals surface area (Å²) in [6.45, 7) is 0.893. The third kappa shape index (κ3) is 6.90. The van der Waals surface area contributed by atoms with Gasteiger partial charge in [0.15, 0.2) is 0 Å². The van der Waals surface area contributed by atoms with E-state index in [1.165, 1.54) is 0 Å². The van der Waals surface area contributed by atoms with E-state index in [1.807, 2.05) is 30.3 Å². The van der Waals surface area contributed by atoms with Crippen molar-refractivity contribution in [1.29, 1.82) is 0 Å². The van der Waals surface area contributed by atoms with Crippen LogP contribution in [0.15, 0.2) is 30.3 Å². The Morgan fingerprint density at radius 1 is 1.00 bits per heavy atom. The molecule has 0 radical (unpaired) electrons. The molecule has 1 rings (SSSR count). The molecule has 116 valence electrons. The number of para-hydroxylation sites is 1.